The van der Waals surface area contributed by atoms with Crippen molar-refractivity contribution in [3.8, 4) is 22.4 Å². The molecule has 0 amide bonds. The van der Waals surface area contributed by atoms with Gasteiger partial charge in [0.2, 0.25) is 0 Å². The lowest BCUT2D eigenvalue weighted by atomic mass is 9.98. The molecule has 33 heavy (non-hydrogen) atoms. The van der Waals surface area contributed by atoms with E-state index in [1.807, 2.05) is 73.7 Å². The SMILES string of the molecule is Cc1cc(-c2cc3c(=O)cc(CCc4ccccc4)[nH]c3nc2-c2ccccc2)cc(Cl)n1. The van der Waals surface area contributed by atoms with Crippen molar-refractivity contribution in [2.24, 2.45) is 0 Å². The van der Waals surface area contributed by atoms with Gasteiger partial charge in [0.05, 0.1) is 11.1 Å². The first-order valence-electron chi connectivity index (χ1n) is 10.9. The first-order valence-corrected chi connectivity index (χ1v) is 11.3. The molecule has 2 aromatic carbocycles. The van der Waals surface area contributed by atoms with Crippen molar-refractivity contribution >= 4 is 22.6 Å². The van der Waals surface area contributed by atoms with E-state index in [0.717, 1.165) is 46.6 Å². The monoisotopic (exact) mass is 451 g/mol. The number of benzene rings is 2. The molecule has 5 rings (SSSR count). The van der Waals surface area contributed by atoms with Crippen molar-refractivity contribution in [1.29, 1.82) is 0 Å². The van der Waals surface area contributed by atoms with Gasteiger partial charge in [0.25, 0.3) is 0 Å². The molecule has 162 valence electrons. The Kier molecular flexibility index (Phi) is 5.76. The van der Waals surface area contributed by atoms with E-state index in [4.69, 9.17) is 16.6 Å². The molecule has 0 aliphatic rings. The lowest BCUT2D eigenvalue weighted by molar-refractivity contribution is 0.917. The number of hydrogen-bond acceptors (Lipinski definition) is 3. The molecule has 0 unspecified atom stereocenters. The number of aromatic nitrogens is 3. The average molecular weight is 452 g/mol. The van der Waals surface area contributed by atoms with Gasteiger partial charge in [-0.1, -0.05) is 72.3 Å². The summed E-state index contributed by atoms with van der Waals surface area (Å²) < 4.78 is 0. The lowest BCUT2D eigenvalue weighted by Crippen LogP contribution is -2.08. The van der Waals surface area contributed by atoms with Gasteiger partial charge in [-0.25, -0.2) is 9.97 Å². The smallest absolute Gasteiger partial charge is 0.191 e. The first kappa shape index (κ1) is 21.1. The molecule has 0 aliphatic heterocycles. The highest BCUT2D eigenvalue weighted by molar-refractivity contribution is 6.29. The zero-order chi connectivity index (χ0) is 22.8. The average Bonchev–Trinajstić information content (AvgIpc) is 2.83. The van der Waals surface area contributed by atoms with Gasteiger partial charge in [-0.05, 0) is 49.1 Å². The van der Waals surface area contributed by atoms with Crippen molar-refractivity contribution in [3.05, 3.63) is 117 Å². The Hall–Kier alpha value is -3.76. The van der Waals surface area contributed by atoms with Crippen molar-refractivity contribution < 1.29 is 0 Å². The van der Waals surface area contributed by atoms with Crippen LogP contribution in [0.3, 0.4) is 0 Å². The summed E-state index contributed by atoms with van der Waals surface area (Å²) in [5.74, 6) is 0. The molecule has 5 heteroatoms. The Bertz CT molecular complexity index is 1470. The standard InChI is InChI=1S/C28H22ClN3O/c1-18-14-21(15-26(29)30-18)23-17-24-25(33)16-22(13-12-19-8-4-2-5-9-19)31-28(24)32-27(23)20-10-6-3-7-11-20/h2-11,14-17H,12-13H2,1H3,(H,31,32,33). The molecule has 3 heterocycles. The quantitative estimate of drug-likeness (QED) is 0.314. The fourth-order valence-electron chi connectivity index (χ4n) is 4.10. The van der Waals surface area contributed by atoms with Crippen LogP contribution in [0, 0.1) is 6.92 Å². The zero-order valence-electron chi connectivity index (χ0n) is 18.2. The second kappa shape index (κ2) is 9.00. The van der Waals surface area contributed by atoms with Crippen LogP contribution in [-0.4, -0.2) is 15.0 Å². The highest BCUT2D eigenvalue weighted by Gasteiger charge is 2.15. The van der Waals surface area contributed by atoms with E-state index in [9.17, 15) is 4.79 Å². The van der Waals surface area contributed by atoms with Crippen LogP contribution in [0.25, 0.3) is 33.4 Å². The van der Waals surface area contributed by atoms with E-state index in [0.29, 0.717) is 16.2 Å². The number of aryl methyl sites for hydroxylation is 3. The van der Waals surface area contributed by atoms with Gasteiger partial charge in [-0.3, -0.25) is 4.79 Å². The summed E-state index contributed by atoms with van der Waals surface area (Å²) >= 11 is 6.25. The van der Waals surface area contributed by atoms with Crippen LogP contribution in [0.1, 0.15) is 17.0 Å². The van der Waals surface area contributed by atoms with Crippen LogP contribution >= 0.6 is 11.6 Å². The molecule has 0 spiro atoms. The third-order valence-corrected chi connectivity index (χ3v) is 5.87. The van der Waals surface area contributed by atoms with Crippen molar-refractivity contribution in [2.75, 3.05) is 0 Å². The highest BCUT2D eigenvalue weighted by atomic mass is 35.5. The van der Waals surface area contributed by atoms with Crippen molar-refractivity contribution in [2.45, 2.75) is 19.8 Å². The van der Waals surface area contributed by atoms with Crippen molar-refractivity contribution in [3.63, 3.8) is 0 Å². The Morgan fingerprint density at radius 2 is 1.55 bits per heavy atom. The first-order chi connectivity index (χ1) is 16.1. The van der Waals surface area contributed by atoms with Crippen LogP contribution in [0.4, 0.5) is 0 Å². The Morgan fingerprint density at radius 1 is 0.818 bits per heavy atom. The summed E-state index contributed by atoms with van der Waals surface area (Å²) in [5.41, 5.74) is 6.95. The van der Waals surface area contributed by atoms with Gasteiger partial charge in [0, 0.05) is 28.6 Å². The second-order valence-corrected chi connectivity index (χ2v) is 8.50. The fraction of sp³-hybridized carbons (Fsp3) is 0.107. The summed E-state index contributed by atoms with van der Waals surface area (Å²) in [6, 6.07) is 27.6. The molecule has 5 aromatic rings. The van der Waals surface area contributed by atoms with Crippen LogP contribution < -0.4 is 5.43 Å². The number of H-pyrrole nitrogens is 1. The minimum Gasteiger partial charge on any atom is -0.343 e. The molecule has 1 N–H and O–H groups in total. The summed E-state index contributed by atoms with van der Waals surface area (Å²) in [7, 11) is 0. The second-order valence-electron chi connectivity index (χ2n) is 8.11. The van der Waals surface area contributed by atoms with Gasteiger partial charge in [0.1, 0.15) is 10.8 Å². The number of fused-ring (bicyclic) bond motifs is 1. The van der Waals surface area contributed by atoms with Crippen LogP contribution in [0.5, 0.6) is 0 Å². The molecule has 0 radical (unpaired) electrons. The van der Waals surface area contributed by atoms with Crippen LogP contribution in [0.15, 0.2) is 89.7 Å². The normalized spacial score (nSPS) is 11.1. The maximum absolute atomic E-state index is 13.1. The van der Waals surface area contributed by atoms with E-state index in [2.05, 4.69) is 22.1 Å². The molecule has 0 saturated heterocycles. The van der Waals surface area contributed by atoms with Gasteiger partial charge in [0.15, 0.2) is 5.43 Å². The fourth-order valence-corrected chi connectivity index (χ4v) is 4.35. The minimum absolute atomic E-state index is 0.0444. The van der Waals surface area contributed by atoms with E-state index < -0.39 is 0 Å². The lowest BCUT2D eigenvalue weighted by Gasteiger charge is -2.13. The number of rotatable bonds is 5. The topological polar surface area (TPSA) is 58.6 Å². The predicted octanol–water partition coefficient (Wildman–Crippen LogP) is 6.40. The summed E-state index contributed by atoms with van der Waals surface area (Å²) in [6.07, 6.45) is 1.58. The van der Waals surface area contributed by atoms with E-state index in [-0.39, 0.29) is 5.43 Å². The predicted molar refractivity (Wildman–Crippen MR) is 135 cm³/mol. The molecule has 0 saturated carbocycles. The summed E-state index contributed by atoms with van der Waals surface area (Å²) in [6.45, 7) is 1.90. The molecule has 0 atom stereocenters. The maximum Gasteiger partial charge on any atom is 0.191 e. The van der Waals surface area contributed by atoms with E-state index >= 15 is 0 Å². The van der Waals surface area contributed by atoms with E-state index in [1.165, 1.54) is 5.56 Å². The molecule has 4 nitrogen and oxygen atoms in total. The number of aromatic amines is 1. The Labute approximate surface area is 197 Å². The highest BCUT2D eigenvalue weighted by Crippen LogP contribution is 2.33. The minimum atomic E-state index is -0.0444. The van der Waals surface area contributed by atoms with Gasteiger partial charge < -0.3 is 4.98 Å². The van der Waals surface area contributed by atoms with Gasteiger partial charge >= 0.3 is 0 Å². The zero-order valence-corrected chi connectivity index (χ0v) is 18.9. The maximum atomic E-state index is 13.1. The number of nitrogens with zero attached hydrogens (tertiary/aromatic N) is 2. The molecular weight excluding hydrogens is 430 g/mol. The third kappa shape index (κ3) is 4.57. The van der Waals surface area contributed by atoms with Crippen LogP contribution in [0.2, 0.25) is 5.15 Å². The Morgan fingerprint density at radius 3 is 2.27 bits per heavy atom. The summed E-state index contributed by atoms with van der Waals surface area (Å²) in [5, 5.41) is 0.966. The number of pyridine rings is 3. The largest absolute Gasteiger partial charge is 0.343 e. The van der Waals surface area contributed by atoms with Gasteiger partial charge in [-0.15, -0.1) is 0 Å². The third-order valence-electron chi connectivity index (χ3n) is 5.68. The number of hydrogen-bond donors (Lipinski definition) is 1. The summed E-state index contributed by atoms with van der Waals surface area (Å²) in [4.78, 5) is 25.7. The number of halogens is 1. The number of nitrogens with one attached hydrogen (secondary N) is 1. The van der Waals surface area contributed by atoms with Crippen molar-refractivity contribution in [1.82, 2.24) is 15.0 Å². The molecule has 0 fully saturated rings. The molecule has 3 aromatic heterocycles. The Balaban J connectivity index is 1.65. The molecule has 0 bridgehead atoms. The molecule has 0 aliphatic carbocycles. The van der Waals surface area contributed by atoms with Gasteiger partial charge in [-0.2, -0.15) is 0 Å². The van der Waals surface area contributed by atoms with E-state index in [1.54, 1.807) is 6.07 Å². The van der Waals surface area contributed by atoms with Crippen LogP contribution in [-0.2, 0) is 12.8 Å². The molecular formula is C28H22ClN3O.